The van der Waals surface area contributed by atoms with Gasteiger partial charge in [0.05, 0.1) is 12.4 Å². The fourth-order valence-electron chi connectivity index (χ4n) is 3.60. The topological polar surface area (TPSA) is 76.8 Å². The van der Waals surface area contributed by atoms with Gasteiger partial charge in [-0.1, -0.05) is 41.9 Å². The molecule has 0 saturated heterocycles. The second-order valence-corrected chi connectivity index (χ2v) is 7.64. The monoisotopic (exact) mass is 452 g/mol. The number of carbonyl (C=O) groups excluding carboxylic acids is 1. The second-order valence-electron chi connectivity index (χ2n) is 7.27. The number of hydrogen-bond donors (Lipinski definition) is 2. The Morgan fingerprint density at radius 1 is 1.29 bits per heavy atom. The molecule has 31 heavy (non-hydrogen) atoms. The van der Waals surface area contributed by atoms with Crippen LogP contribution >= 0.6 is 11.6 Å². The molecular formula is C20H20ClF3N6O. The summed E-state index contributed by atoms with van der Waals surface area (Å²) in [5.41, 5.74) is 0.473. The molecule has 164 valence electrons. The number of aryl methyl sites for hydroxylation is 1. The Morgan fingerprint density at radius 2 is 2.06 bits per heavy atom. The van der Waals surface area contributed by atoms with E-state index in [1.54, 1.807) is 49.1 Å². The van der Waals surface area contributed by atoms with Crippen molar-refractivity contribution in [3.63, 3.8) is 0 Å². The van der Waals surface area contributed by atoms with Gasteiger partial charge in [-0.2, -0.15) is 18.3 Å². The SMILES string of the molecule is O=C(NCCCn1ccnc1)c1nn2c(c1Cl)N[C@H](c1ccccc1)C[C@H]2C(F)(F)F. The first-order valence-corrected chi connectivity index (χ1v) is 10.1. The molecule has 0 radical (unpaired) electrons. The van der Waals surface area contributed by atoms with E-state index in [0.717, 1.165) is 4.68 Å². The Balaban J connectivity index is 1.53. The maximum atomic E-state index is 13.8. The van der Waals surface area contributed by atoms with Crippen molar-refractivity contribution in [2.45, 2.75) is 37.6 Å². The van der Waals surface area contributed by atoms with Crippen LogP contribution in [0.4, 0.5) is 19.0 Å². The lowest BCUT2D eigenvalue weighted by Crippen LogP contribution is -2.36. The highest BCUT2D eigenvalue weighted by atomic mass is 35.5. The number of rotatable bonds is 6. The van der Waals surface area contributed by atoms with Gasteiger partial charge in [-0.3, -0.25) is 4.79 Å². The van der Waals surface area contributed by atoms with E-state index in [9.17, 15) is 18.0 Å². The summed E-state index contributed by atoms with van der Waals surface area (Å²) in [4.78, 5) is 16.5. The Morgan fingerprint density at radius 3 is 2.74 bits per heavy atom. The van der Waals surface area contributed by atoms with Crippen LogP contribution in [0.25, 0.3) is 0 Å². The number of anilines is 1. The maximum absolute atomic E-state index is 13.8. The van der Waals surface area contributed by atoms with Crippen LogP contribution in [-0.2, 0) is 6.54 Å². The zero-order valence-corrected chi connectivity index (χ0v) is 17.1. The molecule has 1 aromatic carbocycles. The predicted octanol–water partition coefficient (Wildman–Crippen LogP) is 4.21. The number of halogens is 4. The zero-order valence-electron chi connectivity index (χ0n) is 16.3. The van der Waals surface area contributed by atoms with E-state index in [2.05, 4.69) is 20.7 Å². The number of carbonyl (C=O) groups is 1. The summed E-state index contributed by atoms with van der Waals surface area (Å²) in [6.07, 6.45) is 0.929. The van der Waals surface area contributed by atoms with E-state index in [-0.39, 0.29) is 23.0 Å². The van der Waals surface area contributed by atoms with Crippen LogP contribution in [0.2, 0.25) is 5.02 Å². The summed E-state index contributed by atoms with van der Waals surface area (Å²) in [6, 6.07) is 6.30. The van der Waals surface area contributed by atoms with Crippen molar-refractivity contribution in [2.75, 3.05) is 11.9 Å². The number of nitrogens with zero attached hydrogens (tertiary/aromatic N) is 4. The van der Waals surface area contributed by atoms with E-state index in [4.69, 9.17) is 11.6 Å². The second kappa shape index (κ2) is 8.62. The minimum absolute atomic E-state index is 0.00680. The van der Waals surface area contributed by atoms with Crippen LogP contribution in [0.5, 0.6) is 0 Å². The van der Waals surface area contributed by atoms with Crippen LogP contribution in [0.15, 0.2) is 49.1 Å². The van der Waals surface area contributed by atoms with Gasteiger partial charge in [0.15, 0.2) is 11.7 Å². The summed E-state index contributed by atoms with van der Waals surface area (Å²) in [6.45, 7) is 0.961. The van der Waals surface area contributed by atoms with E-state index in [1.807, 2.05) is 4.57 Å². The predicted molar refractivity (Wildman–Crippen MR) is 109 cm³/mol. The third kappa shape index (κ3) is 4.53. The average Bonchev–Trinajstić information content (AvgIpc) is 3.38. The smallest absolute Gasteiger partial charge is 0.362 e. The number of alkyl halides is 3. The van der Waals surface area contributed by atoms with Gasteiger partial charge in [-0.05, 0) is 12.0 Å². The number of imidazole rings is 1. The van der Waals surface area contributed by atoms with Crippen molar-refractivity contribution in [3.05, 3.63) is 65.3 Å². The van der Waals surface area contributed by atoms with Crippen LogP contribution in [0.3, 0.4) is 0 Å². The van der Waals surface area contributed by atoms with Crippen LogP contribution in [-0.4, -0.2) is 38.0 Å². The Hall–Kier alpha value is -3.01. The van der Waals surface area contributed by atoms with Crippen LogP contribution in [0, 0.1) is 0 Å². The quantitative estimate of drug-likeness (QED) is 0.549. The lowest BCUT2D eigenvalue weighted by molar-refractivity contribution is -0.173. The van der Waals surface area contributed by atoms with Crippen LogP contribution in [0.1, 0.15) is 41.0 Å². The molecule has 11 heteroatoms. The fraction of sp³-hybridized carbons (Fsp3) is 0.350. The van der Waals surface area contributed by atoms with Crippen molar-refractivity contribution in [2.24, 2.45) is 0 Å². The van der Waals surface area contributed by atoms with Gasteiger partial charge < -0.3 is 15.2 Å². The van der Waals surface area contributed by atoms with Crippen LogP contribution < -0.4 is 10.6 Å². The van der Waals surface area contributed by atoms with Gasteiger partial charge in [0.1, 0.15) is 10.8 Å². The minimum Gasteiger partial charge on any atom is -0.362 e. The highest BCUT2D eigenvalue weighted by molar-refractivity contribution is 6.36. The maximum Gasteiger partial charge on any atom is 0.410 e. The van der Waals surface area contributed by atoms with E-state index in [1.165, 1.54) is 0 Å². The minimum atomic E-state index is -4.54. The third-order valence-electron chi connectivity index (χ3n) is 5.15. The third-order valence-corrected chi connectivity index (χ3v) is 5.51. The molecule has 7 nitrogen and oxygen atoms in total. The Labute approximate surface area is 181 Å². The van der Waals surface area contributed by atoms with Gasteiger partial charge in [0.25, 0.3) is 5.91 Å². The molecule has 1 aliphatic rings. The molecule has 2 atom stereocenters. The molecule has 0 saturated carbocycles. The van der Waals surface area contributed by atoms with E-state index in [0.29, 0.717) is 25.1 Å². The summed E-state index contributed by atoms with van der Waals surface area (Å²) in [5, 5.41) is 9.50. The van der Waals surface area contributed by atoms with Crippen molar-refractivity contribution in [3.8, 4) is 0 Å². The number of benzene rings is 1. The van der Waals surface area contributed by atoms with E-state index < -0.39 is 24.2 Å². The number of hydrogen-bond acceptors (Lipinski definition) is 4. The number of fused-ring (bicyclic) bond motifs is 1. The molecule has 3 heterocycles. The average molecular weight is 453 g/mol. The molecule has 0 bridgehead atoms. The first-order chi connectivity index (χ1) is 14.8. The lowest BCUT2D eigenvalue weighted by Gasteiger charge is -2.33. The number of nitrogens with one attached hydrogen (secondary N) is 2. The standard InChI is InChI=1S/C20H20ClF3N6O/c21-16-17(19(31)26-7-4-9-29-10-8-25-12-29)28-30-15(20(22,23)24)11-14(27-18(16)30)13-5-2-1-3-6-13/h1-3,5-6,8,10,12,14-15,27H,4,7,9,11H2,(H,26,31)/t14-,15-/m0/s1. The summed E-state index contributed by atoms with van der Waals surface area (Å²) >= 11 is 6.31. The summed E-state index contributed by atoms with van der Waals surface area (Å²) in [5.74, 6) is -0.621. The van der Waals surface area contributed by atoms with Gasteiger partial charge in [0, 0.05) is 31.9 Å². The number of aromatic nitrogens is 4. The molecular weight excluding hydrogens is 433 g/mol. The first-order valence-electron chi connectivity index (χ1n) is 9.74. The molecule has 0 spiro atoms. The molecule has 2 N–H and O–H groups in total. The zero-order chi connectivity index (χ0) is 22.0. The molecule has 0 fully saturated rings. The Bertz CT molecular complexity index is 1040. The number of amides is 1. The fourth-order valence-corrected chi connectivity index (χ4v) is 3.87. The molecule has 4 rings (SSSR count). The molecule has 1 aliphatic heterocycles. The lowest BCUT2D eigenvalue weighted by atomic mass is 9.97. The summed E-state index contributed by atoms with van der Waals surface area (Å²) in [7, 11) is 0. The van der Waals surface area contributed by atoms with Gasteiger partial charge in [-0.15, -0.1) is 0 Å². The van der Waals surface area contributed by atoms with Gasteiger partial charge >= 0.3 is 6.18 Å². The van der Waals surface area contributed by atoms with Gasteiger partial charge in [0.2, 0.25) is 0 Å². The summed E-state index contributed by atoms with van der Waals surface area (Å²) < 4.78 is 44.0. The molecule has 2 aromatic heterocycles. The van der Waals surface area contributed by atoms with Crippen molar-refractivity contribution in [1.29, 1.82) is 0 Å². The normalized spacial score (nSPS) is 18.3. The molecule has 0 aliphatic carbocycles. The molecule has 1 amide bonds. The largest absolute Gasteiger partial charge is 0.410 e. The van der Waals surface area contributed by atoms with Gasteiger partial charge in [-0.25, -0.2) is 9.67 Å². The highest BCUT2D eigenvalue weighted by Gasteiger charge is 2.47. The van der Waals surface area contributed by atoms with Crippen molar-refractivity contribution >= 4 is 23.3 Å². The molecule has 3 aromatic rings. The van der Waals surface area contributed by atoms with E-state index >= 15 is 0 Å². The molecule has 0 unspecified atom stereocenters. The van der Waals surface area contributed by atoms with Crippen molar-refractivity contribution in [1.82, 2.24) is 24.6 Å². The van der Waals surface area contributed by atoms with Crippen molar-refractivity contribution < 1.29 is 18.0 Å². The highest BCUT2D eigenvalue weighted by Crippen LogP contribution is 2.46. The first kappa shape index (κ1) is 21.2. The Kier molecular flexibility index (Phi) is 5.90.